The lowest BCUT2D eigenvalue weighted by Gasteiger charge is -2.39. The highest BCUT2D eigenvalue weighted by atomic mass is 19.1. The molecule has 1 N–H and O–H groups in total. The average molecular weight is 322 g/mol. The Balaban J connectivity index is 2.00. The summed E-state index contributed by atoms with van der Waals surface area (Å²) in [6, 6.07) is 6.20. The van der Waals surface area contributed by atoms with E-state index in [4.69, 9.17) is 0 Å². The van der Waals surface area contributed by atoms with Crippen molar-refractivity contribution in [2.45, 2.75) is 38.8 Å². The molecule has 1 aliphatic heterocycles. The summed E-state index contributed by atoms with van der Waals surface area (Å²) in [5.74, 6) is 0.152. The Hall–Kier alpha value is -1.46. The lowest BCUT2D eigenvalue weighted by atomic mass is 9.91. The Morgan fingerprint density at radius 1 is 1.43 bits per heavy atom. The molecule has 0 bridgehead atoms. The Bertz CT molecular complexity index is 520. The van der Waals surface area contributed by atoms with Crippen LogP contribution in [0.3, 0.4) is 0 Å². The molecule has 1 amide bonds. The van der Waals surface area contributed by atoms with E-state index >= 15 is 0 Å². The zero-order chi connectivity index (χ0) is 17.0. The number of carbonyl (C=O) groups is 1. The van der Waals surface area contributed by atoms with Gasteiger partial charge in [-0.05, 0) is 49.9 Å². The lowest BCUT2D eigenvalue weighted by Crippen LogP contribution is -2.50. The number of halogens is 1. The fourth-order valence-corrected chi connectivity index (χ4v) is 3.29. The van der Waals surface area contributed by atoms with E-state index in [1.807, 2.05) is 6.92 Å². The minimum absolute atomic E-state index is 0.0226. The van der Waals surface area contributed by atoms with Gasteiger partial charge >= 0.3 is 0 Å². The molecular weight excluding hydrogens is 295 g/mol. The Morgan fingerprint density at radius 3 is 2.70 bits per heavy atom. The van der Waals surface area contributed by atoms with Crippen LogP contribution in [0, 0.1) is 11.7 Å². The molecule has 1 aromatic carbocycles. The van der Waals surface area contributed by atoms with E-state index in [0.717, 1.165) is 24.9 Å². The molecule has 0 saturated carbocycles. The summed E-state index contributed by atoms with van der Waals surface area (Å²) in [4.78, 5) is 16.4. The Morgan fingerprint density at radius 2 is 2.09 bits per heavy atom. The predicted molar refractivity (Wildman–Crippen MR) is 88.4 cm³/mol. The third-order valence-corrected chi connectivity index (χ3v) is 5.08. The first-order valence-electron chi connectivity index (χ1n) is 8.30. The number of carbonyl (C=O) groups excluding carboxylic acids is 1. The van der Waals surface area contributed by atoms with Crippen molar-refractivity contribution >= 4 is 5.91 Å². The normalized spacial score (nSPS) is 23.5. The number of aliphatic hydroxyl groups excluding tert-OH is 1. The number of piperidine rings is 1. The minimum atomic E-state index is -0.275. The van der Waals surface area contributed by atoms with Gasteiger partial charge in [-0.2, -0.15) is 0 Å². The van der Waals surface area contributed by atoms with Crippen molar-refractivity contribution in [2.24, 2.45) is 5.92 Å². The Kier molecular flexibility index (Phi) is 6.13. The van der Waals surface area contributed by atoms with Crippen LogP contribution in [0.4, 0.5) is 4.39 Å². The summed E-state index contributed by atoms with van der Waals surface area (Å²) in [5, 5.41) is 9.59. The van der Waals surface area contributed by atoms with Gasteiger partial charge in [-0.3, -0.25) is 9.69 Å². The van der Waals surface area contributed by atoms with E-state index in [-0.39, 0.29) is 30.4 Å². The maximum absolute atomic E-state index is 13.0. The number of benzene rings is 1. The van der Waals surface area contributed by atoms with Crippen molar-refractivity contribution in [2.75, 3.05) is 26.7 Å². The van der Waals surface area contributed by atoms with E-state index in [1.165, 1.54) is 12.1 Å². The fourth-order valence-electron chi connectivity index (χ4n) is 3.29. The van der Waals surface area contributed by atoms with Gasteiger partial charge in [0, 0.05) is 13.1 Å². The van der Waals surface area contributed by atoms with Crippen LogP contribution in [-0.4, -0.2) is 53.6 Å². The first-order chi connectivity index (χ1) is 10.9. The van der Waals surface area contributed by atoms with Gasteiger partial charge in [0.25, 0.3) is 0 Å². The molecule has 0 aromatic heterocycles. The summed E-state index contributed by atoms with van der Waals surface area (Å²) in [6.45, 7) is 5.32. The van der Waals surface area contributed by atoms with Crippen molar-refractivity contribution in [3.05, 3.63) is 35.6 Å². The third-order valence-electron chi connectivity index (χ3n) is 5.08. The van der Waals surface area contributed by atoms with Crippen LogP contribution in [0.5, 0.6) is 0 Å². The van der Waals surface area contributed by atoms with E-state index in [2.05, 4.69) is 11.8 Å². The maximum Gasteiger partial charge on any atom is 0.237 e. The third kappa shape index (κ3) is 4.30. The smallest absolute Gasteiger partial charge is 0.237 e. The van der Waals surface area contributed by atoms with Crippen LogP contribution in [0.2, 0.25) is 0 Å². The second-order valence-corrected chi connectivity index (χ2v) is 6.57. The summed E-state index contributed by atoms with van der Waals surface area (Å²) in [6.07, 6.45) is 2.15. The van der Waals surface area contributed by atoms with Gasteiger partial charge in [0.2, 0.25) is 5.91 Å². The minimum Gasteiger partial charge on any atom is -0.395 e. The van der Waals surface area contributed by atoms with Crippen LogP contribution in [0.25, 0.3) is 0 Å². The van der Waals surface area contributed by atoms with Crippen molar-refractivity contribution in [3.63, 3.8) is 0 Å². The number of aliphatic hydroxyl groups is 1. The molecule has 1 aromatic rings. The highest BCUT2D eigenvalue weighted by molar-refractivity contribution is 5.78. The molecule has 5 heteroatoms. The van der Waals surface area contributed by atoms with Crippen molar-refractivity contribution in [1.29, 1.82) is 0 Å². The van der Waals surface area contributed by atoms with Gasteiger partial charge < -0.3 is 10.0 Å². The molecule has 4 nitrogen and oxygen atoms in total. The number of likely N-dealkylation sites (N-methyl/N-ethyl adjacent to an activating group) is 1. The molecule has 1 heterocycles. The van der Waals surface area contributed by atoms with Gasteiger partial charge in [0.15, 0.2) is 0 Å². The van der Waals surface area contributed by atoms with Crippen molar-refractivity contribution in [3.8, 4) is 0 Å². The summed E-state index contributed by atoms with van der Waals surface area (Å²) >= 11 is 0. The molecule has 1 saturated heterocycles. The fraction of sp³-hybridized carbons (Fsp3) is 0.611. The summed E-state index contributed by atoms with van der Waals surface area (Å²) in [7, 11) is 1.78. The molecule has 3 atom stereocenters. The number of rotatable bonds is 5. The van der Waals surface area contributed by atoms with Crippen LogP contribution in [-0.2, 0) is 4.79 Å². The summed E-state index contributed by atoms with van der Waals surface area (Å²) < 4.78 is 13.0. The van der Waals surface area contributed by atoms with Gasteiger partial charge in [-0.1, -0.05) is 19.1 Å². The first-order valence-corrected chi connectivity index (χ1v) is 8.30. The molecule has 1 aliphatic rings. The molecule has 1 fully saturated rings. The standard InChI is InChI=1S/C18H27FN2O2/c1-13-5-4-10-21(17(13)12-22)11-18(23)20(3)14(2)15-6-8-16(19)9-7-15/h6-9,13-14,17,22H,4-5,10-12H2,1-3H3. The number of likely N-dealkylation sites (tertiary alicyclic amines) is 1. The van der Waals surface area contributed by atoms with E-state index in [0.29, 0.717) is 12.5 Å². The number of amides is 1. The monoisotopic (exact) mass is 322 g/mol. The van der Waals surface area contributed by atoms with Gasteiger partial charge in [0.1, 0.15) is 5.82 Å². The molecular formula is C18H27FN2O2. The predicted octanol–water partition coefficient (Wildman–Crippen LogP) is 2.44. The lowest BCUT2D eigenvalue weighted by molar-refractivity contribution is -0.134. The maximum atomic E-state index is 13.0. The van der Waals surface area contributed by atoms with E-state index in [1.54, 1.807) is 24.1 Å². The highest BCUT2D eigenvalue weighted by Gasteiger charge is 2.30. The molecule has 0 aliphatic carbocycles. The van der Waals surface area contributed by atoms with Crippen molar-refractivity contribution in [1.82, 2.24) is 9.80 Å². The van der Waals surface area contributed by atoms with Gasteiger partial charge in [-0.25, -0.2) is 4.39 Å². The molecule has 0 radical (unpaired) electrons. The van der Waals surface area contributed by atoms with Crippen LogP contribution in [0.15, 0.2) is 24.3 Å². The SMILES string of the molecule is CC1CCCN(CC(=O)N(C)C(C)c2ccc(F)cc2)C1CO. The zero-order valence-corrected chi connectivity index (χ0v) is 14.2. The molecule has 3 unspecified atom stereocenters. The van der Waals surface area contributed by atoms with E-state index < -0.39 is 0 Å². The Labute approximate surface area is 137 Å². The van der Waals surface area contributed by atoms with Gasteiger partial charge in [-0.15, -0.1) is 0 Å². The zero-order valence-electron chi connectivity index (χ0n) is 14.2. The quantitative estimate of drug-likeness (QED) is 0.905. The number of hydrogen-bond acceptors (Lipinski definition) is 3. The molecule has 0 spiro atoms. The topological polar surface area (TPSA) is 43.8 Å². The van der Waals surface area contributed by atoms with Crippen LogP contribution in [0.1, 0.15) is 38.3 Å². The highest BCUT2D eigenvalue weighted by Crippen LogP contribution is 2.24. The second kappa shape index (κ2) is 7.88. The number of hydrogen-bond donors (Lipinski definition) is 1. The largest absolute Gasteiger partial charge is 0.395 e. The second-order valence-electron chi connectivity index (χ2n) is 6.57. The van der Waals surface area contributed by atoms with Crippen LogP contribution < -0.4 is 0 Å². The van der Waals surface area contributed by atoms with Gasteiger partial charge in [0.05, 0.1) is 19.2 Å². The summed E-state index contributed by atoms with van der Waals surface area (Å²) in [5.41, 5.74) is 0.910. The first kappa shape index (κ1) is 17.9. The number of nitrogens with zero attached hydrogens (tertiary/aromatic N) is 2. The molecule has 128 valence electrons. The van der Waals surface area contributed by atoms with Crippen molar-refractivity contribution < 1.29 is 14.3 Å². The average Bonchev–Trinajstić information content (AvgIpc) is 2.54. The molecule has 2 rings (SSSR count). The molecule has 23 heavy (non-hydrogen) atoms. The van der Waals surface area contributed by atoms with Crippen LogP contribution >= 0.6 is 0 Å². The van der Waals surface area contributed by atoms with E-state index in [9.17, 15) is 14.3 Å².